The molecule has 1 unspecified atom stereocenters. The minimum absolute atomic E-state index is 0.0853. The zero-order chi connectivity index (χ0) is 14.6. The van der Waals surface area contributed by atoms with E-state index in [0.717, 1.165) is 0 Å². The molecule has 6 heteroatoms. The fourth-order valence-electron chi connectivity index (χ4n) is 1.79. The van der Waals surface area contributed by atoms with Crippen molar-refractivity contribution in [1.82, 2.24) is 9.62 Å². The normalized spacial score (nSPS) is 13.5. The molecule has 0 aliphatic heterocycles. The lowest BCUT2D eigenvalue weighted by molar-refractivity contribution is 0.101. The number of likely N-dealkylation sites (N-methyl/N-ethyl adjacent to an activating group) is 1. The van der Waals surface area contributed by atoms with Crippen LogP contribution in [-0.2, 0) is 10.0 Å². The van der Waals surface area contributed by atoms with Gasteiger partial charge in [-0.05, 0) is 40.1 Å². The number of nitrogens with one attached hydrogen (secondary N) is 1. The van der Waals surface area contributed by atoms with E-state index in [4.69, 9.17) is 0 Å². The maximum atomic E-state index is 12.1. The molecule has 0 aliphatic rings. The minimum atomic E-state index is -3.54. The number of ketones is 1. The number of hydrogen-bond acceptors (Lipinski definition) is 4. The summed E-state index contributed by atoms with van der Waals surface area (Å²) in [5, 5.41) is 0. The summed E-state index contributed by atoms with van der Waals surface area (Å²) in [4.78, 5) is 13.2. The molecule has 0 spiro atoms. The second-order valence-corrected chi connectivity index (χ2v) is 6.58. The first-order valence-electron chi connectivity index (χ1n) is 6.00. The number of sulfonamides is 1. The Kier molecular flexibility index (Phi) is 5.22. The molecule has 0 saturated heterocycles. The Morgan fingerprint density at radius 2 is 1.79 bits per heavy atom. The van der Waals surface area contributed by atoms with E-state index in [2.05, 4.69) is 4.72 Å². The highest BCUT2D eigenvalue weighted by molar-refractivity contribution is 7.89. The van der Waals surface area contributed by atoms with Crippen molar-refractivity contribution in [2.24, 2.45) is 0 Å². The molecule has 1 atom stereocenters. The summed E-state index contributed by atoms with van der Waals surface area (Å²) in [6.45, 7) is 3.87. The van der Waals surface area contributed by atoms with E-state index in [1.165, 1.54) is 31.2 Å². The van der Waals surface area contributed by atoms with Gasteiger partial charge < -0.3 is 4.90 Å². The van der Waals surface area contributed by atoms with Crippen molar-refractivity contribution in [1.29, 1.82) is 0 Å². The van der Waals surface area contributed by atoms with Crippen molar-refractivity contribution in [2.45, 2.75) is 24.8 Å². The predicted molar refractivity (Wildman–Crippen MR) is 74.8 cm³/mol. The molecule has 0 saturated carbocycles. The third-order valence-electron chi connectivity index (χ3n) is 2.57. The average Bonchev–Trinajstić information content (AvgIpc) is 2.27. The third-order valence-corrected chi connectivity index (χ3v) is 4.17. The second kappa shape index (κ2) is 6.27. The van der Waals surface area contributed by atoms with Gasteiger partial charge in [-0.2, -0.15) is 0 Å². The molecule has 19 heavy (non-hydrogen) atoms. The van der Waals surface area contributed by atoms with Gasteiger partial charge >= 0.3 is 0 Å². The number of nitrogens with zero attached hydrogens (tertiary/aromatic N) is 1. The Bertz CT molecular complexity index is 536. The van der Waals surface area contributed by atoms with Gasteiger partial charge in [0.15, 0.2) is 5.78 Å². The van der Waals surface area contributed by atoms with Crippen molar-refractivity contribution in [3.63, 3.8) is 0 Å². The summed E-state index contributed by atoms with van der Waals surface area (Å²) in [6, 6.07) is 5.75. The number of hydrogen-bond donors (Lipinski definition) is 1. The van der Waals surface area contributed by atoms with E-state index in [-0.39, 0.29) is 16.7 Å². The fraction of sp³-hybridized carbons (Fsp3) is 0.462. The van der Waals surface area contributed by atoms with Crippen LogP contribution >= 0.6 is 0 Å². The molecule has 0 aliphatic carbocycles. The molecule has 1 N–H and O–H groups in total. The smallest absolute Gasteiger partial charge is 0.240 e. The second-order valence-electron chi connectivity index (χ2n) is 4.87. The fourth-order valence-corrected chi connectivity index (χ4v) is 3.02. The Balaban J connectivity index is 2.85. The number of Topliss-reactive ketones (excluding diaryl/α,β-unsaturated/α-hetero) is 1. The molecular formula is C13H20N2O3S. The highest BCUT2D eigenvalue weighted by Crippen LogP contribution is 2.11. The van der Waals surface area contributed by atoms with Crippen LogP contribution in [0.15, 0.2) is 29.2 Å². The Hall–Kier alpha value is -1.24. The Labute approximate surface area is 114 Å². The van der Waals surface area contributed by atoms with Gasteiger partial charge in [0.1, 0.15) is 0 Å². The van der Waals surface area contributed by atoms with Crippen molar-refractivity contribution in [3.05, 3.63) is 29.8 Å². The molecule has 5 nitrogen and oxygen atoms in total. The standard InChI is InChI=1S/C13H20N2O3S/c1-10(9-15(3)4)14-19(17,18)13-7-5-12(6-8-13)11(2)16/h5-8,10,14H,9H2,1-4H3. The highest BCUT2D eigenvalue weighted by atomic mass is 32.2. The van der Waals surface area contributed by atoms with Crippen molar-refractivity contribution >= 4 is 15.8 Å². The largest absolute Gasteiger partial charge is 0.308 e. The molecule has 1 aromatic carbocycles. The van der Waals surface area contributed by atoms with Crippen molar-refractivity contribution in [3.8, 4) is 0 Å². The lowest BCUT2D eigenvalue weighted by atomic mass is 10.2. The van der Waals surface area contributed by atoms with Crippen molar-refractivity contribution in [2.75, 3.05) is 20.6 Å². The number of carbonyl (C=O) groups excluding carboxylic acids is 1. The van der Waals surface area contributed by atoms with Gasteiger partial charge in [-0.15, -0.1) is 0 Å². The van der Waals surface area contributed by atoms with E-state index >= 15 is 0 Å². The predicted octanol–water partition coefficient (Wildman–Crippen LogP) is 1.12. The molecule has 0 heterocycles. The van der Waals surface area contributed by atoms with Gasteiger partial charge in [0.2, 0.25) is 10.0 Å². The zero-order valence-electron chi connectivity index (χ0n) is 11.7. The average molecular weight is 284 g/mol. The van der Waals surface area contributed by atoms with Gasteiger partial charge in [0, 0.05) is 18.2 Å². The van der Waals surface area contributed by atoms with Crippen molar-refractivity contribution < 1.29 is 13.2 Å². The van der Waals surface area contributed by atoms with Gasteiger partial charge in [-0.3, -0.25) is 4.79 Å². The Morgan fingerprint density at radius 1 is 1.26 bits per heavy atom. The number of carbonyl (C=O) groups is 1. The monoisotopic (exact) mass is 284 g/mol. The van der Waals surface area contributed by atoms with Crippen LogP contribution in [0, 0.1) is 0 Å². The summed E-state index contributed by atoms with van der Waals surface area (Å²) in [5.41, 5.74) is 0.500. The van der Waals surface area contributed by atoms with Gasteiger partial charge in [0.05, 0.1) is 4.90 Å². The summed E-state index contributed by atoms with van der Waals surface area (Å²) >= 11 is 0. The van der Waals surface area contributed by atoms with E-state index < -0.39 is 10.0 Å². The molecule has 1 aromatic rings. The highest BCUT2D eigenvalue weighted by Gasteiger charge is 2.17. The van der Waals surface area contributed by atoms with E-state index in [0.29, 0.717) is 12.1 Å². The van der Waals surface area contributed by atoms with Crippen LogP contribution < -0.4 is 4.72 Å². The van der Waals surface area contributed by atoms with Crippen LogP contribution in [0.3, 0.4) is 0 Å². The molecular weight excluding hydrogens is 264 g/mol. The third kappa shape index (κ3) is 4.74. The molecule has 0 aromatic heterocycles. The molecule has 106 valence electrons. The van der Waals surface area contributed by atoms with Crippen LogP contribution in [0.2, 0.25) is 0 Å². The minimum Gasteiger partial charge on any atom is -0.308 e. The van der Waals surface area contributed by atoms with E-state index in [1.807, 2.05) is 25.9 Å². The SMILES string of the molecule is CC(=O)c1ccc(S(=O)(=O)NC(C)CN(C)C)cc1. The first-order valence-corrected chi connectivity index (χ1v) is 7.49. The number of rotatable bonds is 6. The van der Waals surface area contributed by atoms with Crippen LogP contribution in [0.5, 0.6) is 0 Å². The van der Waals surface area contributed by atoms with Gasteiger partial charge in [-0.25, -0.2) is 13.1 Å². The van der Waals surface area contributed by atoms with E-state index in [1.54, 1.807) is 0 Å². The topological polar surface area (TPSA) is 66.5 Å². The molecule has 0 radical (unpaired) electrons. The maximum absolute atomic E-state index is 12.1. The number of benzene rings is 1. The quantitative estimate of drug-likeness (QED) is 0.795. The first kappa shape index (κ1) is 15.8. The van der Waals surface area contributed by atoms with Gasteiger partial charge in [0.25, 0.3) is 0 Å². The van der Waals surface area contributed by atoms with E-state index in [9.17, 15) is 13.2 Å². The Morgan fingerprint density at radius 3 is 2.21 bits per heavy atom. The maximum Gasteiger partial charge on any atom is 0.240 e. The summed E-state index contributed by atoms with van der Waals surface area (Å²) in [6.07, 6.45) is 0. The summed E-state index contributed by atoms with van der Waals surface area (Å²) in [5.74, 6) is -0.0853. The molecule has 0 fully saturated rings. The summed E-state index contributed by atoms with van der Waals surface area (Å²) in [7, 11) is 0.227. The van der Waals surface area contributed by atoms with Crippen LogP contribution in [0.1, 0.15) is 24.2 Å². The van der Waals surface area contributed by atoms with Crippen LogP contribution in [-0.4, -0.2) is 45.8 Å². The molecule has 0 amide bonds. The van der Waals surface area contributed by atoms with Crippen LogP contribution in [0.25, 0.3) is 0 Å². The zero-order valence-corrected chi connectivity index (χ0v) is 12.5. The summed E-state index contributed by atoms with van der Waals surface area (Å²) < 4.78 is 26.8. The molecule has 1 rings (SSSR count). The first-order chi connectivity index (χ1) is 8.72. The molecule has 0 bridgehead atoms. The van der Waals surface area contributed by atoms with Crippen LogP contribution in [0.4, 0.5) is 0 Å². The lowest BCUT2D eigenvalue weighted by Gasteiger charge is -2.18. The lowest BCUT2D eigenvalue weighted by Crippen LogP contribution is -2.39. The van der Waals surface area contributed by atoms with Gasteiger partial charge in [-0.1, -0.05) is 12.1 Å².